The van der Waals surface area contributed by atoms with E-state index in [1.54, 1.807) is 0 Å². The number of benzene rings is 2. The first kappa shape index (κ1) is 20.8. The molecule has 1 N–H and O–H groups in total. The van der Waals surface area contributed by atoms with Crippen LogP contribution in [0.25, 0.3) is 0 Å². The van der Waals surface area contributed by atoms with Gasteiger partial charge in [0.25, 0.3) is 0 Å². The fourth-order valence-electron chi connectivity index (χ4n) is 3.36. The Balaban J connectivity index is 0.000000194. The van der Waals surface area contributed by atoms with Crippen LogP contribution in [0.5, 0.6) is 0 Å². The molecule has 0 fully saturated rings. The summed E-state index contributed by atoms with van der Waals surface area (Å²) in [4.78, 5) is 2.19. The van der Waals surface area contributed by atoms with Gasteiger partial charge in [0.1, 0.15) is 0 Å². The van der Waals surface area contributed by atoms with Gasteiger partial charge in [0, 0.05) is 12.1 Å². The second-order valence-corrected chi connectivity index (χ2v) is 7.03. The molecule has 0 saturated heterocycles. The second kappa shape index (κ2) is 11.2. The lowest BCUT2D eigenvalue weighted by atomic mass is 10.1. The smallest absolute Gasteiger partial charge is 0.0598 e. The van der Waals surface area contributed by atoms with Gasteiger partial charge in [-0.2, -0.15) is 0 Å². The second-order valence-electron chi connectivity index (χ2n) is 7.03. The highest BCUT2D eigenvalue weighted by molar-refractivity contribution is 5.34. The molecular weight excluding hydrogens is 328 g/mol. The highest BCUT2D eigenvalue weighted by Crippen LogP contribution is 2.30. The van der Waals surface area contributed by atoms with E-state index in [-0.39, 0.29) is 0 Å². The summed E-state index contributed by atoms with van der Waals surface area (Å²) in [5.74, 6) is 5.27. The van der Waals surface area contributed by atoms with Crippen molar-refractivity contribution in [3.8, 4) is 24.7 Å². The third kappa shape index (κ3) is 6.61. The molecule has 0 bridgehead atoms. The monoisotopic (exact) mass is 358 g/mol. The molecule has 1 aliphatic rings. The van der Waals surface area contributed by atoms with E-state index in [2.05, 4.69) is 84.6 Å². The third-order valence-electron chi connectivity index (χ3n) is 5.05. The average molecular weight is 359 g/mol. The van der Waals surface area contributed by atoms with Gasteiger partial charge >= 0.3 is 0 Å². The average Bonchev–Trinajstić information content (AvgIpc) is 3.11. The Morgan fingerprint density at radius 2 is 1.78 bits per heavy atom. The minimum Gasteiger partial charge on any atom is -0.299 e. The molecule has 27 heavy (non-hydrogen) atoms. The summed E-state index contributed by atoms with van der Waals surface area (Å²) in [6.45, 7) is 3.58. The predicted octanol–water partition coefficient (Wildman–Crippen LogP) is 4.08. The maximum Gasteiger partial charge on any atom is 0.0598 e. The molecule has 2 heteroatoms. The van der Waals surface area contributed by atoms with Gasteiger partial charge in [0.15, 0.2) is 0 Å². The standard InChI is InChI=1S/C13H17N.C12H13N/c1-4-10-14(3)12(2)11-13-8-6-5-7-9-13;1-2-9-13-12-8-7-10-5-3-4-6-11(10)12/h1,5-9,12H,10-11H2,2-3H3;1,3-6,12-13H,7-9H2/t2*12-/m11/s1. The van der Waals surface area contributed by atoms with Crippen LogP contribution in [0.2, 0.25) is 0 Å². The molecule has 0 amide bonds. The van der Waals surface area contributed by atoms with Gasteiger partial charge in [-0.15, -0.1) is 12.8 Å². The van der Waals surface area contributed by atoms with Crippen molar-refractivity contribution in [1.29, 1.82) is 0 Å². The Hall–Kier alpha value is -2.52. The van der Waals surface area contributed by atoms with Crippen molar-refractivity contribution in [3.05, 3.63) is 71.3 Å². The van der Waals surface area contributed by atoms with E-state index >= 15 is 0 Å². The van der Waals surface area contributed by atoms with Gasteiger partial charge in [-0.25, -0.2) is 0 Å². The third-order valence-corrected chi connectivity index (χ3v) is 5.05. The Bertz CT molecular complexity index is 767. The van der Waals surface area contributed by atoms with Crippen LogP contribution in [0.15, 0.2) is 54.6 Å². The first-order valence-electron chi connectivity index (χ1n) is 9.58. The maximum absolute atomic E-state index is 5.27. The van der Waals surface area contributed by atoms with E-state index < -0.39 is 0 Å². The van der Waals surface area contributed by atoms with Crippen molar-refractivity contribution in [2.75, 3.05) is 20.1 Å². The Morgan fingerprint density at radius 3 is 2.48 bits per heavy atom. The number of hydrogen-bond acceptors (Lipinski definition) is 2. The molecule has 0 spiro atoms. The maximum atomic E-state index is 5.27. The molecular formula is C25H30N2. The predicted molar refractivity (Wildman–Crippen MR) is 115 cm³/mol. The largest absolute Gasteiger partial charge is 0.299 e. The fourth-order valence-corrected chi connectivity index (χ4v) is 3.36. The molecule has 1 aliphatic carbocycles. The van der Waals surface area contributed by atoms with Crippen LogP contribution in [0.3, 0.4) is 0 Å². The Labute approximate surface area is 165 Å². The molecule has 2 atom stereocenters. The minimum absolute atomic E-state index is 0.479. The van der Waals surface area contributed by atoms with Crippen LogP contribution in [0.4, 0.5) is 0 Å². The van der Waals surface area contributed by atoms with Crippen molar-refractivity contribution in [1.82, 2.24) is 10.2 Å². The lowest BCUT2D eigenvalue weighted by molar-refractivity contribution is 0.287. The molecule has 0 unspecified atom stereocenters. The molecule has 0 aromatic heterocycles. The van der Waals surface area contributed by atoms with Crippen molar-refractivity contribution in [3.63, 3.8) is 0 Å². The van der Waals surface area contributed by atoms with Crippen molar-refractivity contribution in [2.24, 2.45) is 0 Å². The molecule has 140 valence electrons. The lowest BCUT2D eigenvalue weighted by Gasteiger charge is -2.22. The molecule has 0 saturated carbocycles. The Kier molecular flexibility index (Phi) is 8.66. The zero-order valence-corrected chi connectivity index (χ0v) is 16.5. The van der Waals surface area contributed by atoms with Crippen molar-refractivity contribution in [2.45, 2.75) is 38.3 Å². The fraction of sp³-hybridized carbons (Fsp3) is 0.360. The first-order chi connectivity index (χ1) is 13.2. The van der Waals surface area contributed by atoms with Crippen LogP contribution < -0.4 is 5.32 Å². The Morgan fingerprint density at radius 1 is 1.07 bits per heavy atom. The quantitative estimate of drug-likeness (QED) is 0.783. The molecule has 0 radical (unpaired) electrons. The molecule has 2 aromatic rings. The van der Waals surface area contributed by atoms with Crippen LogP contribution in [-0.2, 0) is 12.8 Å². The van der Waals surface area contributed by atoms with E-state index in [0.717, 1.165) is 6.42 Å². The van der Waals surface area contributed by atoms with E-state index in [9.17, 15) is 0 Å². The normalized spacial score (nSPS) is 15.8. The van der Waals surface area contributed by atoms with Crippen LogP contribution in [-0.4, -0.2) is 31.1 Å². The summed E-state index contributed by atoms with van der Waals surface area (Å²) in [5.41, 5.74) is 4.26. The van der Waals surface area contributed by atoms with Crippen molar-refractivity contribution >= 4 is 0 Å². The SMILES string of the molecule is C#CCN(C)[C@H](C)Cc1ccccc1.C#CCN[C@@H]1CCc2ccccc21. The molecule has 3 rings (SSSR count). The summed E-state index contributed by atoms with van der Waals surface area (Å²) in [7, 11) is 2.06. The number of terminal acetylenes is 2. The number of fused-ring (bicyclic) bond motifs is 1. The van der Waals surface area contributed by atoms with Crippen LogP contribution >= 0.6 is 0 Å². The number of nitrogens with one attached hydrogen (secondary N) is 1. The van der Waals surface area contributed by atoms with Gasteiger partial charge in [-0.05, 0) is 49.9 Å². The number of hydrogen-bond donors (Lipinski definition) is 1. The van der Waals surface area contributed by atoms with Gasteiger partial charge in [-0.1, -0.05) is 66.4 Å². The summed E-state index contributed by atoms with van der Waals surface area (Å²) in [5, 5.41) is 3.35. The van der Waals surface area contributed by atoms with Gasteiger partial charge < -0.3 is 0 Å². The minimum atomic E-state index is 0.479. The zero-order chi connectivity index (χ0) is 19.5. The number of aryl methyl sites for hydroxylation is 1. The number of rotatable bonds is 6. The van der Waals surface area contributed by atoms with Crippen molar-refractivity contribution < 1.29 is 0 Å². The summed E-state index contributed by atoms with van der Waals surface area (Å²) < 4.78 is 0. The topological polar surface area (TPSA) is 15.3 Å². The molecule has 2 aromatic carbocycles. The van der Waals surface area contributed by atoms with Gasteiger partial charge in [0.2, 0.25) is 0 Å². The van der Waals surface area contributed by atoms with Crippen LogP contribution in [0, 0.1) is 24.7 Å². The molecule has 0 aliphatic heterocycles. The summed E-state index contributed by atoms with van der Waals surface area (Å²) in [6, 6.07) is 20.0. The summed E-state index contributed by atoms with van der Waals surface area (Å²) in [6.07, 6.45) is 13.9. The molecule has 0 heterocycles. The lowest BCUT2D eigenvalue weighted by Crippen LogP contribution is -2.31. The first-order valence-corrected chi connectivity index (χ1v) is 9.58. The van der Waals surface area contributed by atoms with Gasteiger partial charge in [-0.3, -0.25) is 10.2 Å². The summed E-state index contributed by atoms with van der Waals surface area (Å²) >= 11 is 0. The van der Waals surface area contributed by atoms with E-state index in [1.807, 2.05) is 6.07 Å². The highest BCUT2D eigenvalue weighted by Gasteiger charge is 2.20. The van der Waals surface area contributed by atoms with Crippen LogP contribution in [0.1, 0.15) is 36.1 Å². The zero-order valence-electron chi connectivity index (χ0n) is 16.5. The van der Waals surface area contributed by atoms with E-state index in [4.69, 9.17) is 12.8 Å². The molecule has 2 nitrogen and oxygen atoms in total. The number of likely N-dealkylation sites (N-methyl/N-ethyl adjacent to an activating group) is 1. The van der Waals surface area contributed by atoms with E-state index in [1.165, 1.54) is 29.5 Å². The van der Waals surface area contributed by atoms with Gasteiger partial charge in [0.05, 0.1) is 13.1 Å². The number of nitrogens with zero attached hydrogens (tertiary/aromatic N) is 1. The highest BCUT2D eigenvalue weighted by atomic mass is 15.1. The van der Waals surface area contributed by atoms with E-state index in [0.29, 0.717) is 25.2 Å².